The molecule has 0 saturated carbocycles. The van der Waals surface area contributed by atoms with E-state index in [9.17, 15) is 9.59 Å². The first-order valence-corrected chi connectivity index (χ1v) is 7.54. The molecule has 22 heavy (non-hydrogen) atoms. The second-order valence-corrected chi connectivity index (χ2v) is 5.80. The molecule has 2 amide bonds. The molecule has 0 saturated heterocycles. The number of carbonyl (C=O) groups excluding carboxylic acids is 2. The summed E-state index contributed by atoms with van der Waals surface area (Å²) >= 11 is 0. The predicted octanol–water partition coefficient (Wildman–Crippen LogP) is 2.71. The van der Waals surface area contributed by atoms with Crippen LogP contribution in [0.25, 0.3) is 0 Å². The van der Waals surface area contributed by atoms with Gasteiger partial charge in [0.1, 0.15) is 0 Å². The topological polar surface area (TPSA) is 49.4 Å². The van der Waals surface area contributed by atoms with Crippen molar-refractivity contribution in [2.24, 2.45) is 0 Å². The lowest BCUT2D eigenvalue weighted by Gasteiger charge is -2.29. The van der Waals surface area contributed by atoms with Gasteiger partial charge in [0.05, 0.1) is 11.1 Å². The molecule has 0 bridgehead atoms. The Labute approximate surface area is 128 Å². The second kappa shape index (κ2) is 4.98. The highest BCUT2D eigenvalue weighted by Crippen LogP contribution is 2.27. The van der Waals surface area contributed by atoms with Crippen LogP contribution in [0.15, 0.2) is 48.5 Å². The minimum Gasteiger partial charge on any atom is -0.380 e. The third-order valence-electron chi connectivity index (χ3n) is 4.42. The smallest absolute Gasteiger partial charge is 0.261 e. The van der Waals surface area contributed by atoms with Gasteiger partial charge in [0.2, 0.25) is 0 Å². The van der Waals surface area contributed by atoms with E-state index >= 15 is 0 Å². The van der Waals surface area contributed by atoms with Crippen molar-refractivity contribution in [3.8, 4) is 0 Å². The number of aryl methyl sites for hydroxylation is 1. The summed E-state index contributed by atoms with van der Waals surface area (Å²) in [6, 6.07) is 15.3. The van der Waals surface area contributed by atoms with Gasteiger partial charge in [-0.25, -0.2) is 0 Å². The average Bonchev–Trinajstić information content (AvgIpc) is 2.80. The van der Waals surface area contributed by atoms with E-state index in [-0.39, 0.29) is 17.9 Å². The molecule has 2 aliphatic rings. The van der Waals surface area contributed by atoms with Gasteiger partial charge in [-0.1, -0.05) is 30.3 Å². The van der Waals surface area contributed by atoms with Crippen LogP contribution in [0.2, 0.25) is 0 Å². The van der Waals surface area contributed by atoms with Gasteiger partial charge in [0.15, 0.2) is 0 Å². The van der Waals surface area contributed by atoms with Crippen LogP contribution in [0, 0.1) is 0 Å². The molecule has 1 unspecified atom stereocenters. The molecule has 0 fully saturated rings. The fourth-order valence-corrected chi connectivity index (χ4v) is 3.26. The van der Waals surface area contributed by atoms with Crippen molar-refractivity contribution in [3.63, 3.8) is 0 Å². The van der Waals surface area contributed by atoms with Gasteiger partial charge in [-0.05, 0) is 36.6 Å². The number of amides is 2. The number of anilines is 1. The van der Waals surface area contributed by atoms with Gasteiger partial charge < -0.3 is 5.32 Å². The van der Waals surface area contributed by atoms with E-state index in [1.54, 1.807) is 24.3 Å². The summed E-state index contributed by atoms with van der Waals surface area (Å²) in [6.07, 6.45) is 1.89. The highest BCUT2D eigenvalue weighted by atomic mass is 16.2. The van der Waals surface area contributed by atoms with Crippen LogP contribution in [0.1, 0.15) is 32.7 Å². The first-order chi connectivity index (χ1) is 10.7. The van der Waals surface area contributed by atoms with Crippen molar-refractivity contribution < 1.29 is 9.59 Å². The molecule has 0 radical (unpaired) electrons. The second-order valence-electron chi connectivity index (χ2n) is 5.80. The van der Waals surface area contributed by atoms with E-state index in [1.807, 2.05) is 18.2 Å². The average molecular weight is 292 g/mol. The third-order valence-corrected chi connectivity index (χ3v) is 4.42. The Kier molecular flexibility index (Phi) is 2.96. The number of para-hydroxylation sites is 1. The Hall–Kier alpha value is -2.62. The fraction of sp³-hybridized carbons (Fsp3) is 0.222. The highest BCUT2D eigenvalue weighted by Gasteiger charge is 2.36. The molecular weight excluding hydrogens is 276 g/mol. The van der Waals surface area contributed by atoms with Gasteiger partial charge in [0, 0.05) is 18.3 Å². The molecule has 0 aliphatic carbocycles. The van der Waals surface area contributed by atoms with Crippen LogP contribution < -0.4 is 5.32 Å². The van der Waals surface area contributed by atoms with E-state index in [2.05, 4.69) is 11.4 Å². The Morgan fingerprint density at radius 1 is 0.955 bits per heavy atom. The van der Waals surface area contributed by atoms with Crippen LogP contribution in [0.3, 0.4) is 0 Å². The molecule has 1 N–H and O–H groups in total. The summed E-state index contributed by atoms with van der Waals surface area (Å²) in [5.74, 6) is -0.359. The minimum atomic E-state index is -0.179. The zero-order valence-corrected chi connectivity index (χ0v) is 12.1. The first kappa shape index (κ1) is 13.1. The molecule has 2 heterocycles. The molecule has 2 aromatic carbocycles. The van der Waals surface area contributed by atoms with Crippen LogP contribution in [0.5, 0.6) is 0 Å². The number of nitrogens with one attached hydrogen (secondary N) is 1. The normalized spacial score (nSPS) is 19.6. The standard InChI is InChI=1S/C18H16N2O2/c21-17-14-6-2-3-7-15(14)18(22)20(17)11-13-10-9-12-5-1-4-8-16(12)19-13/h1-8,13,19H,9-11H2. The predicted molar refractivity (Wildman–Crippen MR) is 84.0 cm³/mol. The fourth-order valence-electron chi connectivity index (χ4n) is 3.26. The van der Waals surface area contributed by atoms with Gasteiger partial charge in [-0.15, -0.1) is 0 Å². The maximum atomic E-state index is 12.4. The van der Waals surface area contributed by atoms with E-state index < -0.39 is 0 Å². The molecule has 2 aliphatic heterocycles. The summed E-state index contributed by atoms with van der Waals surface area (Å²) in [6.45, 7) is 0.417. The van der Waals surface area contributed by atoms with E-state index in [4.69, 9.17) is 0 Å². The third kappa shape index (κ3) is 1.99. The van der Waals surface area contributed by atoms with Crippen molar-refractivity contribution in [3.05, 3.63) is 65.2 Å². The Bertz CT molecular complexity index is 734. The number of imide groups is 1. The van der Waals surface area contributed by atoms with Crippen LogP contribution in [-0.4, -0.2) is 29.3 Å². The summed E-state index contributed by atoms with van der Waals surface area (Å²) < 4.78 is 0. The number of benzene rings is 2. The van der Waals surface area contributed by atoms with Crippen LogP contribution in [-0.2, 0) is 6.42 Å². The summed E-state index contributed by atoms with van der Waals surface area (Å²) in [7, 11) is 0. The van der Waals surface area contributed by atoms with Crippen molar-refractivity contribution in [1.29, 1.82) is 0 Å². The summed E-state index contributed by atoms with van der Waals surface area (Å²) in [5, 5.41) is 3.45. The SMILES string of the molecule is O=C1c2ccccc2C(=O)N1CC1CCc2ccccc2N1. The quantitative estimate of drug-likeness (QED) is 0.866. The number of fused-ring (bicyclic) bond motifs is 2. The van der Waals surface area contributed by atoms with Crippen molar-refractivity contribution >= 4 is 17.5 Å². The van der Waals surface area contributed by atoms with Crippen molar-refractivity contribution in [2.45, 2.75) is 18.9 Å². The highest BCUT2D eigenvalue weighted by molar-refractivity contribution is 6.21. The Balaban J connectivity index is 1.54. The molecule has 110 valence electrons. The lowest BCUT2D eigenvalue weighted by Crippen LogP contribution is -2.41. The van der Waals surface area contributed by atoms with Crippen LogP contribution >= 0.6 is 0 Å². The molecule has 4 rings (SSSR count). The number of hydrogen-bond donors (Lipinski definition) is 1. The Morgan fingerprint density at radius 2 is 1.59 bits per heavy atom. The van der Waals surface area contributed by atoms with Gasteiger partial charge in [0.25, 0.3) is 11.8 Å². The number of nitrogens with zero attached hydrogens (tertiary/aromatic N) is 1. The first-order valence-electron chi connectivity index (χ1n) is 7.54. The number of carbonyl (C=O) groups is 2. The molecule has 0 spiro atoms. The number of hydrogen-bond acceptors (Lipinski definition) is 3. The van der Waals surface area contributed by atoms with Crippen LogP contribution in [0.4, 0.5) is 5.69 Å². The van der Waals surface area contributed by atoms with E-state index in [1.165, 1.54) is 10.5 Å². The molecule has 4 nitrogen and oxygen atoms in total. The summed E-state index contributed by atoms with van der Waals surface area (Å²) in [4.78, 5) is 26.2. The maximum Gasteiger partial charge on any atom is 0.261 e. The zero-order valence-electron chi connectivity index (χ0n) is 12.1. The van der Waals surface area contributed by atoms with Crippen molar-refractivity contribution in [2.75, 3.05) is 11.9 Å². The molecule has 2 aromatic rings. The number of rotatable bonds is 2. The van der Waals surface area contributed by atoms with Gasteiger partial charge in [-0.2, -0.15) is 0 Å². The largest absolute Gasteiger partial charge is 0.380 e. The minimum absolute atomic E-state index is 0.108. The molecule has 0 aromatic heterocycles. The lowest BCUT2D eigenvalue weighted by atomic mass is 9.98. The molecule has 1 atom stereocenters. The van der Waals surface area contributed by atoms with E-state index in [0.29, 0.717) is 17.7 Å². The molecular formula is C18H16N2O2. The monoisotopic (exact) mass is 292 g/mol. The zero-order chi connectivity index (χ0) is 15.1. The van der Waals surface area contributed by atoms with E-state index in [0.717, 1.165) is 18.5 Å². The van der Waals surface area contributed by atoms with Gasteiger partial charge in [-0.3, -0.25) is 14.5 Å². The Morgan fingerprint density at radius 3 is 2.32 bits per heavy atom. The maximum absolute atomic E-state index is 12.4. The van der Waals surface area contributed by atoms with Gasteiger partial charge >= 0.3 is 0 Å². The van der Waals surface area contributed by atoms with Crippen molar-refractivity contribution in [1.82, 2.24) is 4.90 Å². The molecule has 4 heteroatoms. The summed E-state index contributed by atoms with van der Waals surface area (Å²) in [5.41, 5.74) is 3.43. The lowest BCUT2D eigenvalue weighted by molar-refractivity contribution is 0.0646.